The molecule has 0 aromatic rings. The summed E-state index contributed by atoms with van der Waals surface area (Å²) in [5, 5.41) is 0. The average molecular weight is 787 g/mol. The Balaban J connectivity index is 3.83. The molecule has 0 aliphatic rings. The third-order valence-corrected chi connectivity index (χ3v) is 10.8. The Bertz CT molecular complexity index is 889. The topological polar surface area (TPSA) is 119 Å². The molecule has 9 heteroatoms. The molecule has 54 heavy (non-hydrogen) atoms. The fourth-order valence-electron chi connectivity index (χ4n) is 6.84. The van der Waals surface area contributed by atoms with E-state index < -0.39 is 32.5 Å². The molecular weight excluding hydrogens is 699 g/mol. The van der Waals surface area contributed by atoms with Crippen LogP contribution in [-0.4, -0.2) is 41.0 Å². The molecule has 0 aliphatic heterocycles. The molecule has 0 saturated carbocycles. The summed E-state index contributed by atoms with van der Waals surface area (Å²) in [6.45, 7) is 3.72. The van der Waals surface area contributed by atoms with Crippen molar-refractivity contribution in [1.82, 2.24) is 0 Å². The Kier molecular flexibility index (Phi) is 40.5. The lowest BCUT2D eigenvalue weighted by Crippen LogP contribution is -2.29. The standard InChI is InChI=1S/C45H87O8P/c1-3-5-7-9-11-13-15-17-19-21-22-24-25-27-29-31-33-35-37-39-44(46)51-41-43(42-52-54(48,49)50)53-45(47)40-38-36-34-32-30-28-26-23-20-18-16-14-12-10-8-6-4-2/h17,19,43H,3-16,18,20-42H2,1-2H3,(H2,48,49,50)/b19-17+/t43-/m1/s1. The molecule has 0 aromatic heterocycles. The maximum atomic E-state index is 12.4. The fraction of sp³-hybridized carbons (Fsp3) is 0.911. The van der Waals surface area contributed by atoms with Gasteiger partial charge in [-0.05, 0) is 38.5 Å². The third-order valence-electron chi connectivity index (χ3n) is 10.3. The summed E-state index contributed by atoms with van der Waals surface area (Å²) in [6.07, 6.45) is 46.5. The summed E-state index contributed by atoms with van der Waals surface area (Å²) in [4.78, 5) is 42.9. The summed E-state index contributed by atoms with van der Waals surface area (Å²) in [5.74, 6) is -0.872. The Morgan fingerprint density at radius 3 is 1.13 bits per heavy atom. The van der Waals surface area contributed by atoms with Crippen LogP contribution in [-0.2, 0) is 28.2 Å². The van der Waals surface area contributed by atoms with E-state index in [4.69, 9.17) is 19.3 Å². The van der Waals surface area contributed by atoms with Crippen LogP contribution in [0.4, 0.5) is 0 Å². The number of phosphoric ester groups is 1. The van der Waals surface area contributed by atoms with Crippen LogP contribution in [0.3, 0.4) is 0 Å². The lowest BCUT2D eigenvalue weighted by molar-refractivity contribution is -0.161. The molecule has 0 heterocycles. The number of allylic oxidation sites excluding steroid dienone is 2. The van der Waals surface area contributed by atoms with Crippen molar-refractivity contribution in [3.63, 3.8) is 0 Å². The Hall–Kier alpha value is -1.21. The van der Waals surface area contributed by atoms with Gasteiger partial charge in [0.2, 0.25) is 0 Å². The van der Waals surface area contributed by atoms with E-state index in [9.17, 15) is 14.2 Å². The van der Waals surface area contributed by atoms with Crippen molar-refractivity contribution >= 4 is 19.8 Å². The Morgan fingerprint density at radius 2 is 0.778 bits per heavy atom. The van der Waals surface area contributed by atoms with Gasteiger partial charge in [-0.25, -0.2) is 4.57 Å². The number of rotatable bonds is 43. The predicted octanol–water partition coefficient (Wildman–Crippen LogP) is 14.2. The van der Waals surface area contributed by atoms with Crippen molar-refractivity contribution in [1.29, 1.82) is 0 Å². The highest BCUT2D eigenvalue weighted by Crippen LogP contribution is 2.36. The summed E-state index contributed by atoms with van der Waals surface area (Å²) < 4.78 is 26.5. The van der Waals surface area contributed by atoms with Crippen LogP contribution in [0, 0.1) is 0 Å². The molecule has 0 amide bonds. The highest BCUT2D eigenvalue weighted by atomic mass is 31.2. The monoisotopic (exact) mass is 787 g/mol. The van der Waals surface area contributed by atoms with Gasteiger partial charge in [-0.3, -0.25) is 14.1 Å². The van der Waals surface area contributed by atoms with Crippen molar-refractivity contribution in [2.45, 2.75) is 251 Å². The van der Waals surface area contributed by atoms with Crippen LogP contribution >= 0.6 is 7.82 Å². The van der Waals surface area contributed by atoms with Crippen molar-refractivity contribution in [3.8, 4) is 0 Å². The minimum absolute atomic E-state index is 0.218. The number of unbranched alkanes of at least 4 members (excludes halogenated alkanes) is 31. The molecular formula is C45H87O8P. The number of carbonyl (C=O) groups is 2. The molecule has 1 atom stereocenters. The van der Waals surface area contributed by atoms with Crippen LogP contribution < -0.4 is 0 Å². The lowest BCUT2D eigenvalue weighted by atomic mass is 10.0. The minimum Gasteiger partial charge on any atom is -0.462 e. The lowest BCUT2D eigenvalue weighted by Gasteiger charge is -2.18. The van der Waals surface area contributed by atoms with Crippen LogP contribution in [0.1, 0.15) is 245 Å². The molecule has 0 fully saturated rings. The second kappa shape index (κ2) is 41.4. The van der Waals surface area contributed by atoms with Crippen LogP contribution in [0.5, 0.6) is 0 Å². The zero-order chi connectivity index (χ0) is 39.6. The van der Waals surface area contributed by atoms with Gasteiger partial charge in [0, 0.05) is 12.8 Å². The number of phosphoric acid groups is 1. The Labute approximate surface area is 333 Å². The van der Waals surface area contributed by atoms with Crippen LogP contribution in [0.15, 0.2) is 12.2 Å². The summed E-state index contributed by atoms with van der Waals surface area (Å²) in [7, 11) is -4.75. The molecule has 0 saturated heterocycles. The van der Waals surface area contributed by atoms with Gasteiger partial charge in [0.15, 0.2) is 6.10 Å². The van der Waals surface area contributed by atoms with Crippen molar-refractivity contribution in [3.05, 3.63) is 12.2 Å². The van der Waals surface area contributed by atoms with Crippen molar-refractivity contribution in [2.24, 2.45) is 0 Å². The second-order valence-corrected chi connectivity index (χ2v) is 17.0. The minimum atomic E-state index is -4.75. The maximum absolute atomic E-state index is 12.4. The van der Waals surface area contributed by atoms with Gasteiger partial charge in [0.1, 0.15) is 6.61 Å². The van der Waals surface area contributed by atoms with Gasteiger partial charge >= 0.3 is 19.8 Å². The first-order chi connectivity index (χ1) is 26.3. The van der Waals surface area contributed by atoms with Gasteiger partial charge in [-0.1, -0.05) is 206 Å². The quantitative estimate of drug-likeness (QED) is 0.0271. The largest absolute Gasteiger partial charge is 0.469 e. The van der Waals surface area contributed by atoms with E-state index in [0.29, 0.717) is 6.42 Å². The summed E-state index contributed by atoms with van der Waals surface area (Å²) in [5.41, 5.74) is 0. The van der Waals surface area contributed by atoms with Gasteiger partial charge in [0.05, 0.1) is 6.61 Å². The highest BCUT2D eigenvalue weighted by molar-refractivity contribution is 7.46. The molecule has 0 aliphatic carbocycles. The SMILES string of the molecule is CCCCCCCC/C=C/CCCCCCCCCCCC(=O)OC[C@H](COP(=O)(O)O)OC(=O)CCCCCCCCCCCCCCCCCCC. The highest BCUT2D eigenvalue weighted by Gasteiger charge is 2.23. The molecule has 0 rings (SSSR count). The molecule has 8 nitrogen and oxygen atoms in total. The number of hydrogen-bond acceptors (Lipinski definition) is 6. The first kappa shape index (κ1) is 52.8. The normalized spacial score (nSPS) is 12.4. The zero-order valence-corrected chi connectivity index (χ0v) is 36.3. The number of esters is 2. The predicted molar refractivity (Wildman–Crippen MR) is 226 cm³/mol. The number of carbonyl (C=O) groups excluding carboxylic acids is 2. The molecule has 0 spiro atoms. The van der Waals surface area contributed by atoms with E-state index in [1.165, 1.54) is 180 Å². The van der Waals surface area contributed by atoms with Gasteiger partial charge in [-0.15, -0.1) is 0 Å². The second-order valence-electron chi connectivity index (χ2n) is 15.7. The average Bonchev–Trinajstić information content (AvgIpc) is 3.14. The first-order valence-corrected chi connectivity index (χ1v) is 24.5. The Morgan fingerprint density at radius 1 is 0.463 bits per heavy atom. The van der Waals surface area contributed by atoms with E-state index in [2.05, 4.69) is 30.5 Å². The third kappa shape index (κ3) is 43.5. The van der Waals surface area contributed by atoms with Gasteiger partial charge in [-0.2, -0.15) is 0 Å². The van der Waals surface area contributed by atoms with Crippen LogP contribution in [0.2, 0.25) is 0 Å². The molecule has 0 aromatic carbocycles. The number of hydrogen-bond donors (Lipinski definition) is 2. The van der Waals surface area contributed by atoms with E-state index in [-0.39, 0.29) is 19.4 Å². The van der Waals surface area contributed by atoms with Crippen molar-refractivity contribution in [2.75, 3.05) is 13.2 Å². The fourth-order valence-corrected chi connectivity index (χ4v) is 7.20. The van der Waals surface area contributed by atoms with Gasteiger partial charge < -0.3 is 19.3 Å². The zero-order valence-electron chi connectivity index (χ0n) is 35.4. The van der Waals surface area contributed by atoms with Gasteiger partial charge in [0.25, 0.3) is 0 Å². The molecule has 320 valence electrons. The van der Waals surface area contributed by atoms with Crippen molar-refractivity contribution < 1.29 is 37.9 Å². The van der Waals surface area contributed by atoms with E-state index in [1.54, 1.807) is 0 Å². The number of ether oxygens (including phenoxy) is 2. The van der Waals surface area contributed by atoms with E-state index in [1.807, 2.05) is 0 Å². The molecule has 0 unspecified atom stereocenters. The first-order valence-electron chi connectivity index (χ1n) is 23.0. The molecule has 0 bridgehead atoms. The summed E-state index contributed by atoms with van der Waals surface area (Å²) in [6, 6.07) is 0. The van der Waals surface area contributed by atoms with E-state index >= 15 is 0 Å². The maximum Gasteiger partial charge on any atom is 0.469 e. The molecule has 2 N–H and O–H groups in total. The van der Waals surface area contributed by atoms with E-state index in [0.717, 1.165) is 32.1 Å². The summed E-state index contributed by atoms with van der Waals surface area (Å²) >= 11 is 0. The molecule has 0 radical (unpaired) electrons. The smallest absolute Gasteiger partial charge is 0.462 e. The van der Waals surface area contributed by atoms with Crippen LogP contribution in [0.25, 0.3) is 0 Å².